The largest absolute Gasteiger partial charge is 0.339 e. The topological polar surface area (TPSA) is 40.6 Å². The number of rotatable bonds is 4. The molecule has 5 heteroatoms. The fourth-order valence-corrected chi connectivity index (χ4v) is 4.10. The Labute approximate surface area is 171 Å². The second-order valence-electron chi connectivity index (χ2n) is 8.39. The van der Waals surface area contributed by atoms with Gasteiger partial charge in [0, 0.05) is 37.7 Å². The Balaban J connectivity index is 1.30. The van der Waals surface area contributed by atoms with Crippen molar-refractivity contribution in [1.82, 2.24) is 9.80 Å². The van der Waals surface area contributed by atoms with E-state index < -0.39 is 0 Å². The Kier molecular flexibility index (Phi) is 5.39. The zero-order chi connectivity index (χ0) is 20.5. The second-order valence-corrected chi connectivity index (χ2v) is 8.39. The summed E-state index contributed by atoms with van der Waals surface area (Å²) in [6, 6.07) is 14.3. The third-order valence-electron chi connectivity index (χ3n) is 6.11. The van der Waals surface area contributed by atoms with E-state index in [-0.39, 0.29) is 29.5 Å². The lowest BCUT2D eigenvalue weighted by atomic mass is 10.0. The molecule has 2 aromatic rings. The summed E-state index contributed by atoms with van der Waals surface area (Å²) in [5.74, 6) is 0.566. The molecule has 4 rings (SSSR count). The van der Waals surface area contributed by atoms with E-state index in [9.17, 15) is 14.0 Å². The molecule has 0 radical (unpaired) electrons. The van der Waals surface area contributed by atoms with Crippen LogP contribution in [0.1, 0.15) is 53.6 Å². The molecule has 1 heterocycles. The maximum absolute atomic E-state index is 13.1. The van der Waals surface area contributed by atoms with Gasteiger partial charge >= 0.3 is 0 Å². The van der Waals surface area contributed by atoms with E-state index in [0.717, 1.165) is 12.0 Å². The fraction of sp³-hybridized carbons (Fsp3) is 0.417. The molecule has 0 aromatic heterocycles. The molecule has 2 aliphatic rings. The first-order valence-electron chi connectivity index (χ1n) is 10.4. The van der Waals surface area contributed by atoms with Gasteiger partial charge in [-0.3, -0.25) is 9.59 Å². The molecule has 29 heavy (non-hydrogen) atoms. The number of carbonyl (C=O) groups excluding carboxylic acids is 2. The predicted octanol–water partition coefficient (Wildman–Crippen LogP) is 4.04. The molecule has 0 N–H and O–H groups in total. The quantitative estimate of drug-likeness (QED) is 0.785. The number of hydrogen-bond donors (Lipinski definition) is 0. The van der Waals surface area contributed by atoms with E-state index in [4.69, 9.17) is 0 Å². The van der Waals surface area contributed by atoms with Gasteiger partial charge in [0.05, 0.1) is 0 Å². The minimum Gasteiger partial charge on any atom is -0.339 e. The molecule has 2 aromatic carbocycles. The van der Waals surface area contributed by atoms with Gasteiger partial charge in [0.1, 0.15) is 5.82 Å². The maximum Gasteiger partial charge on any atom is 0.253 e. The number of hydrogen-bond acceptors (Lipinski definition) is 2. The van der Waals surface area contributed by atoms with Crippen LogP contribution in [0.25, 0.3) is 0 Å². The normalized spacial score (nSPS) is 21.4. The first-order valence-corrected chi connectivity index (χ1v) is 10.4. The zero-order valence-corrected chi connectivity index (χ0v) is 17.0. The molecular formula is C24H27FN2O2. The Morgan fingerprint density at radius 1 is 0.897 bits per heavy atom. The summed E-state index contributed by atoms with van der Waals surface area (Å²) < 4.78 is 13.1. The molecule has 1 aliphatic heterocycles. The molecule has 2 atom stereocenters. The molecule has 1 saturated carbocycles. The van der Waals surface area contributed by atoms with Gasteiger partial charge in [-0.25, -0.2) is 4.39 Å². The number of amides is 2. The van der Waals surface area contributed by atoms with Crippen molar-refractivity contribution in [2.45, 2.75) is 32.1 Å². The van der Waals surface area contributed by atoms with Gasteiger partial charge < -0.3 is 9.80 Å². The van der Waals surface area contributed by atoms with Gasteiger partial charge in [0.25, 0.3) is 5.91 Å². The van der Waals surface area contributed by atoms with Crippen LogP contribution in [0, 0.1) is 11.7 Å². The standard InChI is InChI=1S/C24H27FN2O2/c1-16(2)17-3-5-19(6-4-17)23(28)26-11-13-27(14-12-26)24(29)22-15-21(22)18-7-9-20(25)10-8-18/h3-10,16,21-22H,11-15H2,1-2H3. The summed E-state index contributed by atoms with van der Waals surface area (Å²) in [5, 5.41) is 0. The van der Waals surface area contributed by atoms with Gasteiger partial charge in [-0.05, 0) is 53.6 Å². The van der Waals surface area contributed by atoms with Crippen LogP contribution in [0.4, 0.5) is 4.39 Å². The van der Waals surface area contributed by atoms with Gasteiger partial charge in [-0.1, -0.05) is 38.1 Å². The third kappa shape index (κ3) is 4.19. The summed E-state index contributed by atoms with van der Waals surface area (Å²) in [4.78, 5) is 29.3. The lowest BCUT2D eigenvalue weighted by Crippen LogP contribution is -2.51. The van der Waals surface area contributed by atoms with Crippen LogP contribution in [-0.2, 0) is 4.79 Å². The Hall–Kier alpha value is -2.69. The number of nitrogens with zero attached hydrogens (tertiary/aromatic N) is 2. The summed E-state index contributed by atoms with van der Waals surface area (Å²) in [6.45, 7) is 6.53. The summed E-state index contributed by atoms with van der Waals surface area (Å²) in [6.07, 6.45) is 0.825. The van der Waals surface area contributed by atoms with Crippen molar-refractivity contribution in [3.63, 3.8) is 0 Å². The number of carbonyl (C=O) groups is 2. The van der Waals surface area contributed by atoms with Crippen LogP contribution in [0.5, 0.6) is 0 Å². The predicted molar refractivity (Wildman–Crippen MR) is 110 cm³/mol. The van der Waals surface area contributed by atoms with Crippen molar-refractivity contribution >= 4 is 11.8 Å². The molecule has 2 amide bonds. The minimum atomic E-state index is -0.253. The highest BCUT2D eigenvalue weighted by Crippen LogP contribution is 2.48. The monoisotopic (exact) mass is 394 g/mol. The highest BCUT2D eigenvalue weighted by atomic mass is 19.1. The lowest BCUT2D eigenvalue weighted by Gasteiger charge is -2.35. The SMILES string of the molecule is CC(C)c1ccc(C(=O)N2CCN(C(=O)C3CC3c3ccc(F)cc3)CC2)cc1. The van der Waals surface area contributed by atoms with Crippen LogP contribution in [0.15, 0.2) is 48.5 Å². The van der Waals surface area contributed by atoms with E-state index in [1.54, 1.807) is 12.1 Å². The van der Waals surface area contributed by atoms with Crippen LogP contribution < -0.4 is 0 Å². The van der Waals surface area contributed by atoms with Crippen LogP contribution in [0.2, 0.25) is 0 Å². The van der Waals surface area contributed by atoms with Gasteiger partial charge in [0.2, 0.25) is 5.91 Å². The highest BCUT2D eigenvalue weighted by molar-refractivity contribution is 5.94. The number of halogens is 1. The van der Waals surface area contributed by atoms with E-state index >= 15 is 0 Å². The first kappa shape index (κ1) is 19.6. The van der Waals surface area contributed by atoms with Crippen molar-refractivity contribution in [2.24, 2.45) is 5.92 Å². The van der Waals surface area contributed by atoms with Crippen molar-refractivity contribution in [2.75, 3.05) is 26.2 Å². The van der Waals surface area contributed by atoms with Gasteiger partial charge in [0.15, 0.2) is 0 Å². The maximum atomic E-state index is 13.1. The van der Waals surface area contributed by atoms with E-state index in [0.29, 0.717) is 37.7 Å². The lowest BCUT2D eigenvalue weighted by molar-refractivity contribution is -0.134. The average Bonchev–Trinajstić information content (AvgIpc) is 3.54. The molecule has 152 valence electrons. The van der Waals surface area contributed by atoms with Crippen LogP contribution in [-0.4, -0.2) is 47.8 Å². The molecule has 4 nitrogen and oxygen atoms in total. The molecule has 0 spiro atoms. The van der Waals surface area contributed by atoms with Crippen molar-refractivity contribution in [1.29, 1.82) is 0 Å². The molecule has 1 aliphatic carbocycles. The van der Waals surface area contributed by atoms with Crippen LogP contribution >= 0.6 is 0 Å². The van der Waals surface area contributed by atoms with E-state index in [1.165, 1.54) is 17.7 Å². The summed E-state index contributed by atoms with van der Waals surface area (Å²) >= 11 is 0. The third-order valence-corrected chi connectivity index (χ3v) is 6.11. The smallest absolute Gasteiger partial charge is 0.253 e. The Morgan fingerprint density at radius 2 is 1.48 bits per heavy atom. The molecule has 1 saturated heterocycles. The number of benzene rings is 2. The van der Waals surface area contributed by atoms with E-state index in [2.05, 4.69) is 13.8 Å². The van der Waals surface area contributed by atoms with Crippen molar-refractivity contribution in [3.8, 4) is 0 Å². The first-order chi connectivity index (χ1) is 13.9. The highest BCUT2D eigenvalue weighted by Gasteiger charge is 2.46. The fourth-order valence-electron chi connectivity index (χ4n) is 4.10. The Bertz CT molecular complexity index is 884. The van der Waals surface area contributed by atoms with Gasteiger partial charge in [-0.2, -0.15) is 0 Å². The average molecular weight is 394 g/mol. The van der Waals surface area contributed by atoms with Crippen molar-refractivity contribution in [3.05, 3.63) is 71.0 Å². The molecular weight excluding hydrogens is 367 g/mol. The van der Waals surface area contributed by atoms with E-state index in [1.807, 2.05) is 34.1 Å². The Morgan fingerprint density at radius 3 is 2.07 bits per heavy atom. The second kappa shape index (κ2) is 7.97. The molecule has 0 bridgehead atoms. The zero-order valence-electron chi connectivity index (χ0n) is 17.0. The van der Waals surface area contributed by atoms with Crippen LogP contribution in [0.3, 0.4) is 0 Å². The van der Waals surface area contributed by atoms with Gasteiger partial charge in [-0.15, -0.1) is 0 Å². The number of piperazine rings is 1. The van der Waals surface area contributed by atoms with Crippen molar-refractivity contribution < 1.29 is 14.0 Å². The molecule has 2 fully saturated rings. The summed E-state index contributed by atoms with van der Waals surface area (Å²) in [7, 11) is 0. The summed E-state index contributed by atoms with van der Waals surface area (Å²) in [5.41, 5.74) is 2.95. The minimum absolute atomic E-state index is 0.00806. The molecule has 2 unspecified atom stereocenters.